The quantitative estimate of drug-likeness (QED) is 0.730. The summed E-state index contributed by atoms with van der Waals surface area (Å²) in [6.07, 6.45) is 1.85. The van der Waals surface area contributed by atoms with Crippen molar-refractivity contribution in [2.24, 2.45) is 0 Å². The van der Waals surface area contributed by atoms with E-state index in [2.05, 4.69) is 10.3 Å². The van der Waals surface area contributed by atoms with Gasteiger partial charge in [-0.3, -0.25) is 10.1 Å². The van der Waals surface area contributed by atoms with Crippen molar-refractivity contribution < 1.29 is 19.0 Å². The molecule has 0 aliphatic carbocycles. The number of aromatic nitrogens is 1. The molecule has 3 aromatic rings. The fourth-order valence-corrected chi connectivity index (χ4v) is 3.81. The molecule has 2 aliphatic heterocycles. The van der Waals surface area contributed by atoms with E-state index in [9.17, 15) is 4.79 Å². The number of ether oxygens (including phenoxy) is 3. The Hall–Kier alpha value is -3.32. The monoisotopic (exact) mass is 392 g/mol. The second kappa shape index (κ2) is 7.01. The Balaban J connectivity index is 1.33. The van der Waals surface area contributed by atoms with Gasteiger partial charge in [-0.05, 0) is 30.3 Å². The lowest BCUT2D eigenvalue weighted by atomic mass is 10.1. The van der Waals surface area contributed by atoms with Gasteiger partial charge in [-0.2, -0.15) is 0 Å². The van der Waals surface area contributed by atoms with Crippen molar-refractivity contribution in [2.75, 3.05) is 25.1 Å². The molecule has 1 aromatic heterocycles. The number of anilines is 1. The lowest BCUT2D eigenvalue weighted by molar-refractivity contribution is -0.113. The van der Waals surface area contributed by atoms with Crippen molar-refractivity contribution >= 4 is 28.5 Å². The molecule has 28 heavy (non-hydrogen) atoms. The van der Waals surface area contributed by atoms with E-state index in [4.69, 9.17) is 14.2 Å². The number of fused-ring (bicyclic) bond motifs is 2. The zero-order valence-corrected chi connectivity index (χ0v) is 15.6. The predicted molar refractivity (Wildman–Crippen MR) is 107 cm³/mol. The SMILES string of the molecule is O=C(Nc1nc(-c2ccc3c(c2)OCCO3)cs1)C1=Cc2ccccc2OC1. The van der Waals surface area contributed by atoms with E-state index < -0.39 is 0 Å². The van der Waals surface area contributed by atoms with Gasteiger partial charge in [-0.25, -0.2) is 4.98 Å². The fraction of sp³-hybridized carbons (Fsp3) is 0.143. The van der Waals surface area contributed by atoms with E-state index in [1.807, 2.05) is 53.9 Å². The van der Waals surface area contributed by atoms with E-state index >= 15 is 0 Å². The van der Waals surface area contributed by atoms with Crippen LogP contribution in [0.4, 0.5) is 5.13 Å². The van der Waals surface area contributed by atoms with Crippen LogP contribution in [0.2, 0.25) is 0 Å². The molecular weight excluding hydrogens is 376 g/mol. The smallest absolute Gasteiger partial charge is 0.256 e. The molecular formula is C21H16N2O4S. The van der Waals surface area contributed by atoms with Gasteiger partial charge in [-0.15, -0.1) is 11.3 Å². The summed E-state index contributed by atoms with van der Waals surface area (Å²) in [4.78, 5) is 17.1. The molecule has 0 bridgehead atoms. The number of thiazole rings is 1. The number of benzene rings is 2. The van der Waals surface area contributed by atoms with Crippen LogP contribution in [-0.2, 0) is 4.79 Å². The van der Waals surface area contributed by atoms with Crippen LogP contribution in [0, 0.1) is 0 Å². The molecule has 0 spiro atoms. The molecule has 3 heterocycles. The molecule has 2 aromatic carbocycles. The normalized spacial score (nSPS) is 14.5. The number of carbonyl (C=O) groups is 1. The lowest BCUT2D eigenvalue weighted by Crippen LogP contribution is -2.21. The number of carbonyl (C=O) groups excluding carboxylic acids is 1. The van der Waals surface area contributed by atoms with Crippen molar-refractivity contribution in [3.63, 3.8) is 0 Å². The Kier molecular flexibility index (Phi) is 4.21. The Morgan fingerprint density at radius 2 is 1.86 bits per heavy atom. The summed E-state index contributed by atoms with van der Waals surface area (Å²) in [5.74, 6) is 2.03. The van der Waals surface area contributed by atoms with Crippen molar-refractivity contribution in [2.45, 2.75) is 0 Å². The minimum absolute atomic E-state index is 0.211. The Morgan fingerprint density at radius 3 is 2.79 bits per heavy atom. The topological polar surface area (TPSA) is 69.7 Å². The van der Waals surface area contributed by atoms with Gasteiger partial charge in [0, 0.05) is 16.5 Å². The first-order chi connectivity index (χ1) is 13.8. The lowest BCUT2D eigenvalue weighted by Gasteiger charge is -2.18. The third-order valence-electron chi connectivity index (χ3n) is 4.49. The van der Waals surface area contributed by atoms with Crippen LogP contribution < -0.4 is 19.5 Å². The second-order valence-corrected chi connectivity index (χ2v) is 7.20. The average molecular weight is 392 g/mol. The highest BCUT2D eigenvalue weighted by Crippen LogP contribution is 2.35. The zero-order chi connectivity index (χ0) is 18.9. The van der Waals surface area contributed by atoms with E-state index in [0.717, 1.165) is 28.3 Å². The van der Waals surface area contributed by atoms with Crippen LogP contribution in [0.3, 0.4) is 0 Å². The van der Waals surface area contributed by atoms with Gasteiger partial charge in [0.1, 0.15) is 25.6 Å². The Morgan fingerprint density at radius 1 is 1.00 bits per heavy atom. The molecule has 140 valence electrons. The number of hydrogen-bond acceptors (Lipinski definition) is 6. The molecule has 0 radical (unpaired) electrons. The summed E-state index contributed by atoms with van der Waals surface area (Å²) >= 11 is 1.38. The molecule has 5 rings (SSSR count). The van der Waals surface area contributed by atoms with Crippen molar-refractivity contribution in [3.05, 3.63) is 59.0 Å². The van der Waals surface area contributed by atoms with Gasteiger partial charge < -0.3 is 14.2 Å². The molecule has 1 N–H and O–H groups in total. The maximum absolute atomic E-state index is 12.6. The Labute approximate surface area is 165 Å². The summed E-state index contributed by atoms with van der Waals surface area (Å²) < 4.78 is 16.8. The van der Waals surface area contributed by atoms with E-state index in [1.54, 1.807) is 0 Å². The molecule has 1 amide bonds. The third kappa shape index (κ3) is 3.20. The summed E-state index contributed by atoms with van der Waals surface area (Å²) in [5, 5.41) is 5.30. The van der Waals surface area contributed by atoms with Gasteiger partial charge in [0.15, 0.2) is 16.6 Å². The van der Waals surface area contributed by atoms with Crippen LogP contribution in [0.1, 0.15) is 5.56 Å². The molecule has 0 saturated carbocycles. The van der Waals surface area contributed by atoms with Gasteiger partial charge in [0.2, 0.25) is 0 Å². The standard InChI is InChI=1S/C21H16N2O4S/c24-20(15-9-14-3-1-2-4-17(14)27-11-15)23-21-22-16(12-28-21)13-5-6-18-19(10-13)26-8-7-25-18/h1-6,9-10,12H,7-8,11H2,(H,22,23,24). The number of nitrogens with one attached hydrogen (secondary N) is 1. The maximum Gasteiger partial charge on any atom is 0.256 e. The predicted octanol–water partition coefficient (Wildman–Crippen LogP) is 4.00. The van der Waals surface area contributed by atoms with Gasteiger partial charge in [0.25, 0.3) is 5.91 Å². The Bertz CT molecular complexity index is 1090. The number of hydrogen-bond donors (Lipinski definition) is 1. The maximum atomic E-state index is 12.6. The molecule has 2 aliphatic rings. The summed E-state index contributed by atoms with van der Waals surface area (Å²) in [6.45, 7) is 1.33. The second-order valence-electron chi connectivity index (χ2n) is 6.35. The van der Waals surface area contributed by atoms with Crippen molar-refractivity contribution in [1.82, 2.24) is 4.98 Å². The van der Waals surface area contributed by atoms with Crippen molar-refractivity contribution in [1.29, 1.82) is 0 Å². The van der Waals surface area contributed by atoms with Crippen LogP contribution in [0.15, 0.2) is 53.4 Å². The van der Waals surface area contributed by atoms with Gasteiger partial charge in [0.05, 0.1) is 11.3 Å². The largest absolute Gasteiger partial charge is 0.488 e. The third-order valence-corrected chi connectivity index (χ3v) is 5.24. The molecule has 0 fully saturated rings. The first-order valence-corrected chi connectivity index (χ1v) is 9.73. The fourth-order valence-electron chi connectivity index (χ4n) is 3.09. The molecule has 7 heteroatoms. The highest BCUT2D eigenvalue weighted by molar-refractivity contribution is 7.14. The molecule has 0 saturated heterocycles. The van der Waals surface area contributed by atoms with Crippen LogP contribution in [0.25, 0.3) is 17.3 Å². The molecule has 0 unspecified atom stereocenters. The molecule has 6 nitrogen and oxygen atoms in total. The minimum atomic E-state index is -0.211. The minimum Gasteiger partial charge on any atom is -0.488 e. The van der Waals surface area contributed by atoms with Crippen LogP contribution >= 0.6 is 11.3 Å². The number of para-hydroxylation sites is 1. The number of rotatable bonds is 3. The van der Waals surface area contributed by atoms with Gasteiger partial charge >= 0.3 is 0 Å². The van der Waals surface area contributed by atoms with Crippen LogP contribution in [0.5, 0.6) is 17.2 Å². The highest BCUT2D eigenvalue weighted by Gasteiger charge is 2.19. The number of nitrogens with zero attached hydrogens (tertiary/aromatic N) is 1. The molecule has 0 atom stereocenters. The van der Waals surface area contributed by atoms with E-state index in [1.165, 1.54) is 11.3 Å². The zero-order valence-electron chi connectivity index (χ0n) is 14.8. The first kappa shape index (κ1) is 16.8. The summed E-state index contributed by atoms with van der Waals surface area (Å²) in [5.41, 5.74) is 3.15. The van der Waals surface area contributed by atoms with E-state index in [0.29, 0.717) is 29.7 Å². The summed E-state index contributed by atoms with van der Waals surface area (Å²) in [6, 6.07) is 13.4. The average Bonchev–Trinajstić information content (AvgIpc) is 3.21. The van der Waals surface area contributed by atoms with Crippen LogP contribution in [-0.4, -0.2) is 30.7 Å². The summed E-state index contributed by atoms with van der Waals surface area (Å²) in [7, 11) is 0. The van der Waals surface area contributed by atoms with E-state index in [-0.39, 0.29) is 12.5 Å². The number of amides is 1. The highest BCUT2D eigenvalue weighted by atomic mass is 32.1. The van der Waals surface area contributed by atoms with Gasteiger partial charge in [-0.1, -0.05) is 18.2 Å². The van der Waals surface area contributed by atoms with Crippen molar-refractivity contribution in [3.8, 4) is 28.5 Å². The first-order valence-electron chi connectivity index (χ1n) is 8.85.